The minimum Gasteiger partial charge on any atom is -0.480 e. The van der Waals surface area contributed by atoms with Crippen molar-refractivity contribution in [3.05, 3.63) is 0 Å². The number of rotatable bonds is 3. The standard InChI is InChI=1S/C15H18N2O6/c18-10(16-5-1-2-7(16)15(21)22)6-17-13(19)11-8-3-4-9(23-8)12(11)14(17)20/h7-9,11-12H,1-6H2,(H,21,22)/t7-,8?,9?,11?,12?/m0/s1. The fourth-order valence-corrected chi connectivity index (χ4v) is 4.48. The molecule has 4 aliphatic rings. The first kappa shape index (κ1) is 14.6. The lowest BCUT2D eigenvalue weighted by Gasteiger charge is -2.24. The van der Waals surface area contributed by atoms with Gasteiger partial charge in [-0.15, -0.1) is 0 Å². The highest BCUT2D eigenvalue weighted by molar-refractivity contribution is 6.08. The Bertz CT molecular complexity index is 577. The van der Waals surface area contributed by atoms with Crippen molar-refractivity contribution < 1.29 is 29.0 Å². The Morgan fingerprint density at radius 3 is 2.26 bits per heavy atom. The number of hydrogen-bond acceptors (Lipinski definition) is 5. The second-order valence-corrected chi connectivity index (χ2v) is 6.69. The topological polar surface area (TPSA) is 104 Å². The molecule has 0 radical (unpaired) electrons. The molecule has 4 aliphatic heterocycles. The van der Waals surface area contributed by atoms with E-state index in [0.717, 1.165) is 17.7 Å². The zero-order chi connectivity index (χ0) is 16.3. The Morgan fingerprint density at radius 1 is 1.09 bits per heavy atom. The van der Waals surface area contributed by atoms with Gasteiger partial charge in [0.05, 0.1) is 24.0 Å². The molecule has 0 aliphatic carbocycles. The fourth-order valence-electron chi connectivity index (χ4n) is 4.48. The van der Waals surface area contributed by atoms with Crippen LogP contribution in [0.4, 0.5) is 0 Å². The number of carboxylic acids is 1. The monoisotopic (exact) mass is 322 g/mol. The van der Waals surface area contributed by atoms with Crippen molar-refractivity contribution >= 4 is 23.7 Å². The van der Waals surface area contributed by atoms with Crippen LogP contribution in [0, 0.1) is 11.8 Å². The summed E-state index contributed by atoms with van der Waals surface area (Å²) in [6.07, 6.45) is 2.17. The number of fused-ring (bicyclic) bond motifs is 5. The number of amides is 3. The van der Waals surface area contributed by atoms with E-state index in [0.29, 0.717) is 19.4 Å². The highest BCUT2D eigenvalue weighted by Crippen LogP contribution is 2.48. The van der Waals surface area contributed by atoms with Crippen LogP contribution >= 0.6 is 0 Å². The lowest BCUT2D eigenvalue weighted by Crippen LogP contribution is -2.47. The number of imide groups is 1. The molecular formula is C15H18N2O6. The van der Waals surface area contributed by atoms with Gasteiger partial charge in [-0.25, -0.2) is 4.79 Å². The van der Waals surface area contributed by atoms with E-state index in [4.69, 9.17) is 9.84 Å². The van der Waals surface area contributed by atoms with Gasteiger partial charge in [0.15, 0.2) is 0 Å². The summed E-state index contributed by atoms with van der Waals surface area (Å²) in [5.41, 5.74) is 0. The van der Waals surface area contributed by atoms with Crippen LogP contribution in [0.2, 0.25) is 0 Å². The van der Waals surface area contributed by atoms with Crippen LogP contribution in [-0.4, -0.2) is 69.9 Å². The highest BCUT2D eigenvalue weighted by atomic mass is 16.5. The average molecular weight is 322 g/mol. The first-order chi connectivity index (χ1) is 11.0. The second kappa shape index (κ2) is 5.02. The van der Waals surface area contributed by atoms with Crippen molar-refractivity contribution in [3.8, 4) is 0 Å². The average Bonchev–Trinajstić information content (AvgIpc) is 3.26. The number of hydrogen-bond donors (Lipinski definition) is 1. The summed E-state index contributed by atoms with van der Waals surface area (Å²) < 4.78 is 5.64. The van der Waals surface area contributed by atoms with Crippen LogP contribution in [-0.2, 0) is 23.9 Å². The lowest BCUT2D eigenvalue weighted by molar-refractivity contribution is -0.152. The fraction of sp³-hybridized carbons (Fsp3) is 0.733. The van der Waals surface area contributed by atoms with Crippen molar-refractivity contribution in [2.24, 2.45) is 11.8 Å². The van der Waals surface area contributed by atoms with Crippen LogP contribution in [0.1, 0.15) is 25.7 Å². The smallest absolute Gasteiger partial charge is 0.326 e. The van der Waals surface area contributed by atoms with Crippen LogP contribution in [0.5, 0.6) is 0 Å². The molecule has 4 fully saturated rings. The predicted molar refractivity (Wildman–Crippen MR) is 74.0 cm³/mol. The Labute approximate surface area is 132 Å². The van der Waals surface area contributed by atoms with Gasteiger partial charge in [0.1, 0.15) is 12.6 Å². The summed E-state index contributed by atoms with van der Waals surface area (Å²) in [4.78, 5) is 50.8. The maximum Gasteiger partial charge on any atom is 0.326 e. The van der Waals surface area contributed by atoms with Crippen LogP contribution in [0.15, 0.2) is 0 Å². The van der Waals surface area contributed by atoms with E-state index >= 15 is 0 Å². The van der Waals surface area contributed by atoms with E-state index < -0.39 is 29.8 Å². The summed E-state index contributed by atoms with van der Waals surface area (Å²) in [5, 5.41) is 9.15. The highest BCUT2D eigenvalue weighted by Gasteiger charge is 2.62. The Hall–Kier alpha value is -1.96. The SMILES string of the molecule is O=C(O)[C@@H]1CCCN1C(=O)CN1C(=O)C2C3CCC(O3)C2C1=O. The zero-order valence-electron chi connectivity index (χ0n) is 12.5. The van der Waals surface area contributed by atoms with Gasteiger partial charge < -0.3 is 14.7 Å². The number of aliphatic carboxylic acids is 1. The molecule has 0 aromatic heterocycles. The van der Waals surface area contributed by atoms with Crippen molar-refractivity contribution in [1.29, 1.82) is 0 Å². The van der Waals surface area contributed by atoms with Gasteiger partial charge in [-0.1, -0.05) is 0 Å². The summed E-state index contributed by atoms with van der Waals surface area (Å²) in [7, 11) is 0. The van der Waals surface area contributed by atoms with Crippen LogP contribution in [0.3, 0.4) is 0 Å². The van der Waals surface area contributed by atoms with E-state index in [1.807, 2.05) is 0 Å². The molecule has 0 aromatic carbocycles. The van der Waals surface area contributed by atoms with E-state index in [9.17, 15) is 19.2 Å². The van der Waals surface area contributed by atoms with Crippen LogP contribution < -0.4 is 0 Å². The van der Waals surface area contributed by atoms with E-state index in [2.05, 4.69) is 0 Å². The third-order valence-electron chi connectivity index (χ3n) is 5.53. The minimum absolute atomic E-state index is 0.208. The normalized spacial score (nSPS) is 38.5. The summed E-state index contributed by atoms with van der Waals surface area (Å²) in [6, 6.07) is -0.852. The van der Waals surface area contributed by atoms with E-state index in [1.165, 1.54) is 4.90 Å². The first-order valence-electron chi connectivity index (χ1n) is 8.02. The Balaban J connectivity index is 1.49. The van der Waals surface area contributed by atoms with Gasteiger partial charge >= 0.3 is 5.97 Å². The van der Waals surface area contributed by atoms with Gasteiger partial charge in [-0.05, 0) is 25.7 Å². The van der Waals surface area contributed by atoms with E-state index in [1.54, 1.807) is 0 Å². The molecule has 0 saturated carbocycles. The molecule has 5 atom stereocenters. The van der Waals surface area contributed by atoms with Gasteiger partial charge in [0.25, 0.3) is 0 Å². The number of ether oxygens (including phenoxy) is 1. The molecule has 4 unspecified atom stereocenters. The largest absolute Gasteiger partial charge is 0.480 e. The zero-order valence-corrected chi connectivity index (χ0v) is 12.5. The van der Waals surface area contributed by atoms with Crippen molar-refractivity contribution in [2.45, 2.75) is 43.9 Å². The molecule has 4 heterocycles. The quantitative estimate of drug-likeness (QED) is 0.684. The lowest BCUT2D eigenvalue weighted by atomic mass is 9.81. The molecule has 124 valence electrons. The number of likely N-dealkylation sites (tertiary alicyclic amines) is 2. The van der Waals surface area contributed by atoms with Gasteiger partial charge in [-0.3, -0.25) is 19.3 Å². The minimum atomic E-state index is -1.04. The third kappa shape index (κ3) is 2.00. The van der Waals surface area contributed by atoms with Gasteiger partial charge in [0, 0.05) is 6.54 Å². The maximum absolute atomic E-state index is 12.5. The second-order valence-electron chi connectivity index (χ2n) is 6.69. The van der Waals surface area contributed by atoms with Crippen molar-refractivity contribution in [1.82, 2.24) is 9.80 Å². The van der Waals surface area contributed by atoms with Crippen LogP contribution in [0.25, 0.3) is 0 Å². The molecular weight excluding hydrogens is 304 g/mol. The van der Waals surface area contributed by atoms with Gasteiger partial charge in [-0.2, -0.15) is 0 Å². The summed E-state index contributed by atoms with van der Waals surface area (Å²) in [5.74, 6) is -3.10. The Kier molecular flexibility index (Phi) is 3.19. The van der Waals surface area contributed by atoms with Crippen molar-refractivity contribution in [2.75, 3.05) is 13.1 Å². The van der Waals surface area contributed by atoms with E-state index in [-0.39, 0.29) is 30.6 Å². The maximum atomic E-state index is 12.5. The molecule has 23 heavy (non-hydrogen) atoms. The van der Waals surface area contributed by atoms with Gasteiger partial charge in [0.2, 0.25) is 17.7 Å². The molecule has 0 aromatic rings. The van der Waals surface area contributed by atoms with Crippen molar-refractivity contribution in [3.63, 3.8) is 0 Å². The number of carbonyl (C=O) groups is 4. The molecule has 8 nitrogen and oxygen atoms in total. The molecule has 4 rings (SSSR count). The molecule has 8 heteroatoms. The predicted octanol–water partition coefficient (Wildman–Crippen LogP) is -0.776. The summed E-state index contributed by atoms with van der Waals surface area (Å²) in [6.45, 7) is 0.00112. The number of carboxylic acid groups (broad SMARTS) is 1. The first-order valence-corrected chi connectivity index (χ1v) is 8.02. The number of nitrogens with zero attached hydrogens (tertiary/aromatic N) is 2. The summed E-state index contributed by atoms with van der Waals surface area (Å²) >= 11 is 0. The molecule has 4 saturated heterocycles. The molecule has 1 N–H and O–H groups in total. The molecule has 3 amide bonds. The number of carbonyl (C=O) groups excluding carboxylic acids is 3. The third-order valence-corrected chi connectivity index (χ3v) is 5.53. The molecule has 0 spiro atoms. The molecule has 2 bridgehead atoms. The Morgan fingerprint density at radius 2 is 1.70 bits per heavy atom.